The smallest absolute Gasteiger partial charge is 0.386 e. The zero-order valence-corrected chi connectivity index (χ0v) is 15.7. The number of aliphatic carboxylic acids is 1. The molecule has 1 aromatic heterocycles. The van der Waals surface area contributed by atoms with Gasteiger partial charge in [0.2, 0.25) is 0 Å². The molecule has 0 aliphatic heterocycles. The van der Waals surface area contributed by atoms with E-state index in [0.29, 0.717) is 18.7 Å². The molecule has 8 heteroatoms. The number of alkyl halides is 1. The minimum atomic E-state index is -0.773. The molecule has 6 N–H and O–H groups in total. The lowest BCUT2D eigenvalue weighted by molar-refractivity contribution is -0.203. The summed E-state index contributed by atoms with van der Waals surface area (Å²) in [4.78, 5) is 9.70. The third kappa shape index (κ3) is 12.0. The van der Waals surface area contributed by atoms with E-state index in [1.807, 2.05) is 0 Å². The Balaban J connectivity index is 0.000000439. The molecule has 0 fully saturated rings. The number of halogens is 1. The van der Waals surface area contributed by atoms with Crippen molar-refractivity contribution in [3.05, 3.63) is 42.0 Å². The summed E-state index contributed by atoms with van der Waals surface area (Å²) in [6, 6.07) is 10.1. The van der Waals surface area contributed by atoms with Gasteiger partial charge in [-0.25, -0.2) is 5.41 Å². The highest BCUT2D eigenvalue weighted by molar-refractivity contribution is 6.17. The van der Waals surface area contributed by atoms with E-state index in [-0.39, 0.29) is 17.7 Å². The van der Waals surface area contributed by atoms with Crippen molar-refractivity contribution in [1.29, 1.82) is 0 Å². The molecule has 0 saturated carbocycles. The first kappa shape index (κ1) is 23.6. The maximum atomic E-state index is 9.70. The third-order valence-corrected chi connectivity index (χ3v) is 3.17. The van der Waals surface area contributed by atoms with E-state index in [4.69, 9.17) is 37.5 Å². The highest BCUT2D eigenvalue weighted by Crippen LogP contribution is 2.18. The van der Waals surface area contributed by atoms with Gasteiger partial charge in [-0.05, 0) is 49.7 Å². The van der Waals surface area contributed by atoms with Crippen LogP contribution in [0.2, 0.25) is 0 Å². The van der Waals surface area contributed by atoms with Crippen molar-refractivity contribution in [2.45, 2.75) is 32.6 Å². The highest BCUT2D eigenvalue weighted by atomic mass is 35.5. The summed E-state index contributed by atoms with van der Waals surface area (Å²) >= 11 is 5.30. The van der Waals surface area contributed by atoms with Crippen LogP contribution in [0.15, 0.2) is 40.9 Å². The summed E-state index contributed by atoms with van der Waals surface area (Å²) in [6.45, 7) is 2.59. The summed E-state index contributed by atoms with van der Waals surface area (Å²) in [5, 5.41) is 26.2. The van der Waals surface area contributed by atoms with Crippen LogP contribution >= 0.6 is 11.6 Å². The van der Waals surface area contributed by atoms with E-state index < -0.39 is 5.97 Å². The second-order valence-electron chi connectivity index (χ2n) is 5.18. The van der Waals surface area contributed by atoms with Gasteiger partial charge in [-0.2, -0.15) is 0 Å². The first-order valence-corrected chi connectivity index (χ1v) is 8.80. The average Bonchev–Trinajstić information content (AvgIpc) is 2.63. The Morgan fingerprint density at radius 2 is 1.88 bits per heavy atom. The van der Waals surface area contributed by atoms with Gasteiger partial charge >= 0.3 is 11.5 Å². The Kier molecular flexibility index (Phi) is 13.6. The quantitative estimate of drug-likeness (QED) is 0.558. The molecular weight excluding hydrogens is 358 g/mol. The molecule has 144 valence electrons. The van der Waals surface area contributed by atoms with Gasteiger partial charge in [-0.1, -0.05) is 18.5 Å². The second-order valence-corrected chi connectivity index (χ2v) is 5.56. The van der Waals surface area contributed by atoms with E-state index >= 15 is 0 Å². The van der Waals surface area contributed by atoms with E-state index in [1.165, 1.54) is 6.42 Å². The number of nitrogens with zero attached hydrogens (tertiary/aromatic N) is 1. The van der Waals surface area contributed by atoms with Gasteiger partial charge in [0.15, 0.2) is 0 Å². The van der Waals surface area contributed by atoms with Gasteiger partial charge < -0.3 is 15.9 Å². The summed E-state index contributed by atoms with van der Waals surface area (Å²) in [5.41, 5.74) is 6.83. The number of hydrogen-bond donors (Lipinski definition) is 4. The fourth-order valence-electron chi connectivity index (χ4n) is 1.49. The van der Waals surface area contributed by atoms with Crippen LogP contribution in [0, 0.1) is 0 Å². The number of aromatic hydroxyl groups is 1. The summed E-state index contributed by atoms with van der Waals surface area (Å²) in [5.74, 6) is 0.267. The monoisotopic (exact) mass is 384 g/mol. The number of rotatable bonds is 6. The molecule has 2 rings (SSSR count). The van der Waals surface area contributed by atoms with Crippen molar-refractivity contribution in [3.63, 3.8) is 0 Å². The van der Waals surface area contributed by atoms with Crippen LogP contribution in [0.5, 0.6) is 5.75 Å². The molecule has 0 radical (unpaired) electrons. The number of unbranched alkanes of at least 4 members (excludes halogenated alkanes) is 1. The van der Waals surface area contributed by atoms with Crippen LogP contribution in [-0.4, -0.2) is 33.8 Å². The number of phenols is 1. The van der Waals surface area contributed by atoms with Crippen molar-refractivity contribution in [2.75, 3.05) is 12.4 Å². The molecule has 0 aliphatic carbocycles. The van der Waals surface area contributed by atoms with Crippen molar-refractivity contribution >= 4 is 17.6 Å². The molecule has 1 aromatic carbocycles. The molecule has 1 heterocycles. The maximum absolute atomic E-state index is 9.70. The van der Waals surface area contributed by atoms with E-state index in [0.717, 1.165) is 17.9 Å². The predicted molar refractivity (Wildman–Crippen MR) is 100 cm³/mol. The van der Waals surface area contributed by atoms with Gasteiger partial charge in [0.25, 0.3) is 0 Å². The number of phenolic OH excluding ortho intramolecular Hbond substituents is 1. The van der Waals surface area contributed by atoms with E-state index in [1.54, 1.807) is 36.4 Å². The Morgan fingerprint density at radius 1 is 1.23 bits per heavy atom. The molecule has 0 saturated heterocycles. The topological polar surface area (TPSA) is 135 Å². The SMILES string of the molecule is CCCCCl.NCCCC(=O)O.[NH2+]=c1ccc(-c2ccc(O)cc2)no1. The number of hydrogen-bond acceptors (Lipinski definition) is 5. The number of carboxylic acids is 1. The molecule has 7 nitrogen and oxygen atoms in total. The lowest BCUT2D eigenvalue weighted by Gasteiger charge is -1.97. The lowest BCUT2D eigenvalue weighted by atomic mass is 10.1. The van der Waals surface area contributed by atoms with Gasteiger partial charge in [0.05, 0.1) is 6.07 Å². The number of carboxylic acid groups (broad SMARTS) is 1. The molecular formula is C18H27ClN3O4+. The fraction of sp³-hybridized carbons (Fsp3) is 0.389. The van der Waals surface area contributed by atoms with Gasteiger partial charge in [0.1, 0.15) is 11.4 Å². The van der Waals surface area contributed by atoms with E-state index in [9.17, 15) is 4.79 Å². The standard InChI is InChI=1S/C10H8N2O2.C4H9Cl.C4H9NO2/c11-10-6-5-9(12-14-10)7-1-3-8(13)4-2-7;1-2-3-4-5;5-3-1-2-4(6)7/h1-6,11,13H;2-4H2,1H3;1-3,5H2,(H,6,7)/p+1. The first-order valence-electron chi connectivity index (χ1n) is 8.27. The minimum absolute atomic E-state index is 0.191. The van der Waals surface area contributed by atoms with Crippen LogP contribution in [0.25, 0.3) is 11.3 Å². The predicted octanol–water partition coefficient (Wildman–Crippen LogP) is 1.54. The molecule has 0 aliphatic rings. The summed E-state index contributed by atoms with van der Waals surface area (Å²) in [7, 11) is 0. The third-order valence-electron chi connectivity index (χ3n) is 2.90. The molecule has 0 atom stereocenters. The number of carbonyl (C=O) groups is 1. The van der Waals surface area contributed by atoms with Crippen LogP contribution in [0.1, 0.15) is 32.6 Å². The fourth-order valence-corrected chi connectivity index (χ4v) is 1.76. The van der Waals surface area contributed by atoms with Gasteiger partial charge in [-0.15, -0.1) is 11.6 Å². The van der Waals surface area contributed by atoms with Gasteiger partial charge in [-0.3, -0.25) is 9.32 Å². The number of aromatic nitrogens is 1. The number of benzene rings is 1. The molecule has 0 bridgehead atoms. The van der Waals surface area contributed by atoms with Crippen molar-refractivity contribution in [1.82, 2.24) is 5.16 Å². The second kappa shape index (κ2) is 14.9. The van der Waals surface area contributed by atoms with Crippen LogP contribution < -0.4 is 16.7 Å². The molecule has 0 unspecified atom stereocenters. The zero-order chi connectivity index (χ0) is 19.8. The molecule has 0 spiro atoms. The van der Waals surface area contributed by atoms with Crippen LogP contribution in [0.4, 0.5) is 0 Å². The highest BCUT2D eigenvalue weighted by Gasteiger charge is 2.00. The largest absolute Gasteiger partial charge is 0.508 e. The first-order chi connectivity index (χ1) is 12.4. The molecule has 2 aromatic rings. The molecule has 0 amide bonds. The van der Waals surface area contributed by atoms with Crippen molar-refractivity contribution in [2.24, 2.45) is 5.73 Å². The van der Waals surface area contributed by atoms with Gasteiger partial charge in [0, 0.05) is 17.9 Å². The van der Waals surface area contributed by atoms with E-state index in [2.05, 4.69) is 12.1 Å². The summed E-state index contributed by atoms with van der Waals surface area (Å²) in [6.07, 6.45) is 3.14. The van der Waals surface area contributed by atoms with Crippen LogP contribution in [0.3, 0.4) is 0 Å². The summed E-state index contributed by atoms with van der Waals surface area (Å²) < 4.78 is 4.81. The number of nitrogens with two attached hydrogens (primary N) is 2. The minimum Gasteiger partial charge on any atom is -0.508 e. The molecule has 26 heavy (non-hydrogen) atoms. The maximum Gasteiger partial charge on any atom is 0.386 e. The Bertz CT molecular complexity index is 652. The van der Waals surface area contributed by atoms with Crippen molar-refractivity contribution < 1.29 is 24.9 Å². The Hall–Kier alpha value is -2.38. The zero-order valence-electron chi connectivity index (χ0n) is 14.9. The Morgan fingerprint density at radius 3 is 2.23 bits per heavy atom. The Labute approximate surface area is 157 Å². The van der Waals surface area contributed by atoms with Crippen molar-refractivity contribution in [3.8, 4) is 17.0 Å². The lowest BCUT2D eigenvalue weighted by Crippen LogP contribution is -2.44. The average molecular weight is 385 g/mol. The van der Waals surface area contributed by atoms with Crippen LogP contribution in [-0.2, 0) is 4.79 Å². The normalized spacial score (nSPS) is 9.35.